The Morgan fingerprint density at radius 1 is 1.21 bits per heavy atom. The van der Waals surface area contributed by atoms with Crippen molar-refractivity contribution in [3.8, 4) is 11.1 Å². The molecule has 29 heavy (non-hydrogen) atoms. The van der Waals surface area contributed by atoms with Crippen LogP contribution in [-0.4, -0.2) is 43.1 Å². The van der Waals surface area contributed by atoms with Gasteiger partial charge in [0.1, 0.15) is 0 Å². The fraction of sp³-hybridized carbons (Fsp3) is 0.522. The zero-order valence-electron chi connectivity index (χ0n) is 17.1. The lowest BCUT2D eigenvalue weighted by Crippen LogP contribution is -2.39. The van der Waals surface area contributed by atoms with E-state index in [9.17, 15) is 4.79 Å². The number of hydrogen-bond donors (Lipinski definition) is 1. The molecule has 0 unspecified atom stereocenters. The first-order valence-corrected chi connectivity index (χ1v) is 10.9. The molecule has 1 aliphatic heterocycles. The van der Waals surface area contributed by atoms with E-state index in [1.165, 1.54) is 19.3 Å². The van der Waals surface area contributed by atoms with E-state index in [2.05, 4.69) is 49.8 Å². The number of hydrogen-bond acceptors (Lipinski definition) is 3. The number of carbonyl (C=O) groups excluding carboxylic acids is 1. The van der Waals surface area contributed by atoms with Gasteiger partial charge in [-0.1, -0.05) is 25.3 Å². The number of carbonyl (C=O) groups is 1. The molecular weight excluding hydrogens is 362 g/mol. The maximum atomic E-state index is 13.0. The van der Waals surface area contributed by atoms with Gasteiger partial charge >= 0.3 is 0 Å². The van der Waals surface area contributed by atoms with Gasteiger partial charge in [0.05, 0.1) is 23.6 Å². The molecule has 2 aliphatic rings. The first-order chi connectivity index (χ1) is 14.2. The quantitative estimate of drug-likeness (QED) is 0.723. The van der Waals surface area contributed by atoms with Gasteiger partial charge in [0, 0.05) is 36.8 Å². The molecule has 5 rings (SSSR count). The zero-order chi connectivity index (χ0) is 19.8. The average molecular weight is 392 g/mol. The summed E-state index contributed by atoms with van der Waals surface area (Å²) in [4.78, 5) is 19.8. The normalized spacial score (nSPS) is 23.1. The second kappa shape index (κ2) is 7.65. The summed E-state index contributed by atoms with van der Waals surface area (Å²) in [5.41, 5.74) is 4.35. The van der Waals surface area contributed by atoms with Crippen LogP contribution in [0.2, 0.25) is 0 Å². The number of aromatic amines is 1. The summed E-state index contributed by atoms with van der Waals surface area (Å²) in [6.45, 7) is 4.01. The molecule has 1 aliphatic carbocycles. The highest BCUT2D eigenvalue weighted by Gasteiger charge is 2.36. The molecule has 152 valence electrons. The molecule has 0 spiro atoms. The first kappa shape index (κ1) is 18.4. The van der Waals surface area contributed by atoms with Gasteiger partial charge in [-0.15, -0.1) is 0 Å². The van der Waals surface area contributed by atoms with E-state index in [1.54, 1.807) is 0 Å². The van der Waals surface area contributed by atoms with Gasteiger partial charge < -0.3 is 9.47 Å². The van der Waals surface area contributed by atoms with Gasteiger partial charge in [-0.05, 0) is 49.8 Å². The van der Waals surface area contributed by atoms with Crippen LogP contribution in [-0.2, 0) is 11.3 Å². The fourth-order valence-corrected chi connectivity index (χ4v) is 5.24. The Morgan fingerprint density at radius 3 is 2.86 bits per heavy atom. The Morgan fingerprint density at radius 2 is 2.07 bits per heavy atom. The Hall–Kier alpha value is -2.63. The van der Waals surface area contributed by atoms with Crippen LogP contribution in [0.15, 0.2) is 36.9 Å². The average Bonchev–Trinajstić information content (AvgIpc) is 3.49. The van der Waals surface area contributed by atoms with Crippen LogP contribution in [0.5, 0.6) is 0 Å². The Kier molecular flexibility index (Phi) is 4.86. The molecule has 6 nitrogen and oxygen atoms in total. The number of nitrogens with zero attached hydrogens (tertiary/aromatic N) is 4. The maximum absolute atomic E-state index is 13.0. The summed E-state index contributed by atoms with van der Waals surface area (Å²) in [6.07, 6.45) is 12.6. The molecule has 1 saturated heterocycles. The summed E-state index contributed by atoms with van der Waals surface area (Å²) in [5, 5.41) is 6.89. The van der Waals surface area contributed by atoms with Crippen molar-refractivity contribution in [3.63, 3.8) is 0 Å². The Bertz CT molecular complexity index is 986. The van der Waals surface area contributed by atoms with E-state index < -0.39 is 0 Å². The molecule has 2 fully saturated rings. The molecule has 0 bridgehead atoms. The number of aromatic nitrogens is 4. The number of benzene rings is 1. The maximum Gasteiger partial charge on any atom is 0.225 e. The Labute approximate surface area is 171 Å². The summed E-state index contributed by atoms with van der Waals surface area (Å²) in [5.74, 6) is 1.16. The van der Waals surface area contributed by atoms with Crippen molar-refractivity contribution in [1.29, 1.82) is 0 Å². The van der Waals surface area contributed by atoms with Crippen LogP contribution in [0.4, 0.5) is 0 Å². The zero-order valence-corrected chi connectivity index (χ0v) is 17.1. The summed E-state index contributed by atoms with van der Waals surface area (Å²) < 4.78 is 2.25. The van der Waals surface area contributed by atoms with Gasteiger partial charge in [-0.25, -0.2) is 4.98 Å². The predicted octanol–water partition coefficient (Wildman–Crippen LogP) is 4.24. The third kappa shape index (κ3) is 3.56. The largest absolute Gasteiger partial charge is 0.339 e. The van der Waals surface area contributed by atoms with E-state index in [4.69, 9.17) is 0 Å². The van der Waals surface area contributed by atoms with Crippen molar-refractivity contribution < 1.29 is 4.79 Å². The van der Waals surface area contributed by atoms with Gasteiger partial charge in [0.2, 0.25) is 5.91 Å². The highest BCUT2D eigenvalue weighted by atomic mass is 16.2. The second-order valence-corrected chi connectivity index (χ2v) is 8.86. The van der Waals surface area contributed by atoms with Crippen molar-refractivity contribution in [1.82, 2.24) is 24.6 Å². The van der Waals surface area contributed by atoms with Gasteiger partial charge in [-0.3, -0.25) is 9.89 Å². The van der Waals surface area contributed by atoms with Crippen molar-refractivity contribution in [2.24, 2.45) is 11.8 Å². The number of likely N-dealkylation sites (tertiary alicyclic amines) is 1. The molecule has 6 heteroatoms. The van der Waals surface area contributed by atoms with E-state index in [0.29, 0.717) is 17.9 Å². The molecular formula is C23H29N5O. The van der Waals surface area contributed by atoms with E-state index in [1.807, 2.05) is 18.7 Å². The topological polar surface area (TPSA) is 66.8 Å². The van der Waals surface area contributed by atoms with Crippen LogP contribution < -0.4 is 0 Å². The molecule has 2 atom stereocenters. The standard InChI is InChI=1S/C23H29N5O/c1-16-9-17(14-28(16)23(29)18-5-3-2-4-6-18)13-27-15-24-21-10-19(7-8-22(21)27)20-11-25-26-12-20/h7-8,10-12,15-18H,2-6,9,13-14H2,1H3,(H,25,26)/t16-,17+/m1/s1. The molecule has 3 aromatic rings. The van der Waals surface area contributed by atoms with E-state index in [0.717, 1.165) is 54.5 Å². The van der Waals surface area contributed by atoms with Gasteiger partial charge in [0.15, 0.2) is 0 Å². The molecule has 1 N–H and O–H groups in total. The minimum Gasteiger partial charge on any atom is -0.339 e. The first-order valence-electron chi connectivity index (χ1n) is 10.9. The molecule has 3 heterocycles. The van der Waals surface area contributed by atoms with Crippen molar-refractivity contribution in [2.45, 2.75) is 58.0 Å². The molecule has 1 aromatic carbocycles. The van der Waals surface area contributed by atoms with E-state index >= 15 is 0 Å². The molecule has 1 amide bonds. The highest BCUT2D eigenvalue weighted by Crippen LogP contribution is 2.32. The van der Waals surface area contributed by atoms with Gasteiger partial charge in [-0.2, -0.15) is 5.10 Å². The van der Waals surface area contributed by atoms with Crippen molar-refractivity contribution in [3.05, 3.63) is 36.9 Å². The summed E-state index contributed by atoms with van der Waals surface area (Å²) in [7, 11) is 0. The van der Waals surface area contributed by atoms with Crippen LogP contribution >= 0.6 is 0 Å². The number of amides is 1. The van der Waals surface area contributed by atoms with Crippen LogP contribution in [0.25, 0.3) is 22.2 Å². The predicted molar refractivity (Wildman–Crippen MR) is 113 cm³/mol. The number of fused-ring (bicyclic) bond motifs is 1. The van der Waals surface area contributed by atoms with E-state index in [-0.39, 0.29) is 5.92 Å². The molecule has 2 aromatic heterocycles. The summed E-state index contributed by atoms with van der Waals surface area (Å²) >= 11 is 0. The third-order valence-electron chi connectivity index (χ3n) is 6.81. The number of nitrogens with one attached hydrogen (secondary N) is 1. The van der Waals surface area contributed by atoms with Crippen LogP contribution in [0.3, 0.4) is 0 Å². The second-order valence-electron chi connectivity index (χ2n) is 8.86. The molecule has 1 saturated carbocycles. The smallest absolute Gasteiger partial charge is 0.225 e. The minimum atomic E-state index is 0.264. The highest BCUT2D eigenvalue weighted by molar-refractivity contribution is 5.82. The lowest BCUT2D eigenvalue weighted by molar-refractivity contribution is -0.137. The fourth-order valence-electron chi connectivity index (χ4n) is 5.24. The number of H-pyrrole nitrogens is 1. The van der Waals surface area contributed by atoms with Crippen molar-refractivity contribution >= 4 is 16.9 Å². The third-order valence-corrected chi connectivity index (χ3v) is 6.81. The van der Waals surface area contributed by atoms with Crippen LogP contribution in [0, 0.1) is 11.8 Å². The minimum absolute atomic E-state index is 0.264. The SMILES string of the molecule is C[C@@H]1C[C@@H](Cn2cnc3cc(-c4cn[nH]c4)ccc32)CN1C(=O)C1CCCCC1. The molecule has 0 radical (unpaired) electrons. The van der Waals surface area contributed by atoms with Crippen molar-refractivity contribution in [2.75, 3.05) is 6.54 Å². The lowest BCUT2D eigenvalue weighted by Gasteiger charge is -2.29. The Balaban J connectivity index is 1.29. The van der Waals surface area contributed by atoms with Crippen LogP contribution in [0.1, 0.15) is 45.4 Å². The number of imidazole rings is 1. The lowest BCUT2D eigenvalue weighted by atomic mass is 9.88. The summed E-state index contributed by atoms with van der Waals surface area (Å²) in [6, 6.07) is 6.74. The number of rotatable bonds is 4. The van der Waals surface area contributed by atoms with Gasteiger partial charge in [0.25, 0.3) is 0 Å². The monoisotopic (exact) mass is 391 g/mol.